The quantitative estimate of drug-likeness (QED) is 0.454. The van der Waals surface area contributed by atoms with E-state index in [1.807, 2.05) is 13.8 Å². The van der Waals surface area contributed by atoms with Crippen LogP contribution in [0.4, 0.5) is 0 Å². The van der Waals surface area contributed by atoms with Crippen molar-refractivity contribution in [3.63, 3.8) is 0 Å². The fourth-order valence-corrected chi connectivity index (χ4v) is 0.225. The predicted molar refractivity (Wildman–Crippen MR) is 36.8 cm³/mol. The molecule has 0 radical (unpaired) electrons. The molecule has 4 nitrogen and oxygen atoms in total. The second-order valence-electron chi connectivity index (χ2n) is 2.05. The van der Waals surface area contributed by atoms with Crippen molar-refractivity contribution in [3.05, 3.63) is 0 Å². The summed E-state index contributed by atoms with van der Waals surface area (Å²) in [5.41, 5.74) is 2.79. The summed E-state index contributed by atoms with van der Waals surface area (Å²) in [5, 5.41) is 9.23. The van der Waals surface area contributed by atoms with Gasteiger partial charge < -0.3 is 0 Å². The highest BCUT2D eigenvalue weighted by atomic mass is 15.7. The lowest BCUT2D eigenvalue weighted by Gasteiger charge is -2.07. The zero-order valence-electron chi connectivity index (χ0n) is 6.42. The molecule has 0 rings (SSSR count). The van der Waals surface area contributed by atoms with E-state index in [0.29, 0.717) is 0 Å². The van der Waals surface area contributed by atoms with Crippen LogP contribution >= 0.6 is 0 Å². The van der Waals surface area contributed by atoms with Crippen LogP contribution in [0.2, 0.25) is 0 Å². The van der Waals surface area contributed by atoms with Crippen LogP contribution in [-0.2, 0) is 0 Å². The second-order valence-corrected chi connectivity index (χ2v) is 2.05. The molecule has 9 heavy (non-hydrogen) atoms. The number of nitrogens with zero attached hydrogens (tertiary/aromatic N) is 3. The Kier molecular flexibility index (Phi) is 3.96. The Bertz CT molecular complexity index is 89.0. The molecule has 0 atom stereocenters. The average molecular weight is 130 g/mol. The van der Waals surface area contributed by atoms with Gasteiger partial charge in [-0.3, -0.25) is 0 Å². The van der Waals surface area contributed by atoms with E-state index in [-0.39, 0.29) is 6.04 Å². The SMILES string of the molecule is CNN(C)N=NC(C)C. The number of hydrogen-bond acceptors (Lipinski definition) is 3. The molecule has 0 saturated carbocycles. The molecule has 0 amide bonds. The van der Waals surface area contributed by atoms with Crippen molar-refractivity contribution in [2.75, 3.05) is 14.1 Å². The lowest BCUT2D eigenvalue weighted by molar-refractivity contribution is 0.248. The summed E-state index contributed by atoms with van der Waals surface area (Å²) in [4.78, 5) is 0. The molecule has 1 N–H and O–H groups in total. The van der Waals surface area contributed by atoms with Gasteiger partial charge in [-0.25, -0.2) is 10.5 Å². The van der Waals surface area contributed by atoms with Gasteiger partial charge in [-0.15, -0.1) is 0 Å². The molecule has 0 spiro atoms. The van der Waals surface area contributed by atoms with E-state index in [4.69, 9.17) is 0 Å². The van der Waals surface area contributed by atoms with Gasteiger partial charge in [0, 0.05) is 14.1 Å². The van der Waals surface area contributed by atoms with E-state index in [0.717, 1.165) is 0 Å². The maximum atomic E-state index is 3.88. The summed E-state index contributed by atoms with van der Waals surface area (Å²) in [6.45, 7) is 3.96. The Morgan fingerprint density at radius 2 is 2.00 bits per heavy atom. The van der Waals surface area contributed by atoms with Crippen molar-refractivity contribution in [1.29, 1.82) is 0 Å². The molecule has 0 aliphatic heterocycles. The first-order valence-corrected chi connectivity index (χ1v) is 2.98. The van der Waals surface area contributed by atoms with Gasteiger partial charge in [-0.05, 0) is 13.8 Å². The number of hydrazine groups is 1. The lowest BCUT2D eigenvalue weighted by atomic mass is 10.4. The van der Waals surface area contributed by atoms with Crippen LogP contribution in [0.5, 0.6) is 0 Å². The summed E-state index contributed by atoms with van der Waals surface area (Å²) in [6, 6.07) is 0.265. The van der Waals surface area contributed by atoms with Crippen LogP contribution in [-0.4, -0.2) is 25.3 Å². The number of hydrogen-bond donors (Lipinski definition) is 1. The van der Waals surface area contributed by atoms with E-state index in [2.05, 4.69) is 15.8 Å². The summed E-state index contributed by atoms with van der Waals surface area (Å²) < 4.78 is 0. The Balaban J connectivity index is 3.43. The van der Waals surface area contributed by atoms with Crippen molar-refractivity contribution >= 4 is 0 Å². The van der Waals surface area contributed by atoms with Crippen molar-refractivity contribution < 1.29 is 0 Å². The first kappa shape index (κ1) is 8.36. The highest BCUT2D eigenvalue weighted by molar-refractivity contribution is 4.41. The molecule has 0 aliphatic rings. The van der Waals surface area contributed by atoms with E-state index in [1.54, 1.807) is 19.2 Å². The molecular weight excluding hydrogens is 116 g/mol. The van der Waals surface area contributed by atoms with Crippen molar-refractivity contribution in [3.8, 4) is 0 Å². The third-order valence-corrected chi connectivity index (χ3v) is 0.740. The summed E-state index contributed by atoms with van der Waals surface area (Å²) in [5.74, 6) is 0. The van der Waals surface area contributed by atoms with Crippen LogP contribution in [0.15, 0.2) is 10.3 Å². The van der Waals surface area contributed by atoms with Gasteiger partial charge in [-0.2, -0.15) is 5.11 Å². The first-order chi connectivity index (χ1) is 4.16. The van der Waals surface area contributed by atoms with Crippen LogP contribution in [0, 0.1) is 0 Å². The summed E-state index contributed by atoms with van der Waals surface area (Å²) in [7, 11) is 3.59. The van der Waals surface area contributed by atoms with E-state index < -0.39 is 0 Å². The van der Waals surface area contributed by atoms with Crippen LogP contribution in [0.1, 0.15) is 13.8 Å². The van der Waals surface area contributed by atoms with Crippen LogP contribution in [0.25, 0.3) is 0 Å². The fraction of sp³-hybridized carbons (Fsp3) is 1.00. The molecule has 0 heterocycles. The fourth-order valence-electron chi connectivity index (χ4n) is 0.225. The van der Waals surface area contributed by atoms with Gasteiger partial charge in [0.15, 0.2) is 0 Å². The van der Waals surface area contributed by atoms with Gasteiger partial charge in [0.1, 0.15) is 0 Å². The normalized spacial score (nSPS) is 11.2. The molecule has 0 fully saturated rings. The highest BCUT2D eigenvalue weighted by Crippen LogP contribution is 1.87. The van der Waals surface area contributed by atoms with Crippen molar-refractivity contribution in [2.45, 2.75) is 19.9 Å². The van der Waals surface area contributed by atoms with E-state index in [1.165, 1.54) is 0 Å². The van der Waals surface area contributed by atoms with Gasteiger partial charge in [0.2, 0.25) is 0 Å². The Labute approximate surface area is 55.9 Å². The van der Waals surface area contributed by atoms with Crippen LogP contribution < -0.4 is 5.43 Å². The summed E-state index contributed by atoms with van der Waals surface area (Å²) in [6.07, 6.45) is 0. The Morgan fingerprint density at radius 3 is 2.33 bits per heavy atom. The molecule has 0 bridgehead atoms. The van der Waals surface area contributed by atoms with Crippen molar-refractivity contribution in [2.24, 2.45) is 10.3 Å². The molecule has 4 heteroatoms. The minimum absolute atomic E-state index is 0.265. The van der Waals surface area contributed by atoms with Crippen molar-refractivity contribution in [1.82, 2.24) is 10.5 Å². The lowest BCUT2D eigenvalue weighted by Crippen LogP contribution is -2.24. The topological polar surface area (TPSA) is 40.0 Å². The van der Waals surface area contributed by atoms with E-state index in [9.17, 15) is 0 Å². The first-order valence-electron chi connectivity index (χ1n) is 2.98. The molecule has 0 aliphatic carbocycles. The molecule has 0 aromatic heterocycles. The molecule has 0 unspecified atom stereocenters. The van der Waals surface area contributed by atoms with Gasteiger partial charge in [-0.1, -0.05) is 5.22 Å². The zero-order valence-corrected chi connectivity index (χ0v) is 6.42. The van der Waals surface area contributed by atoms with Crippen LogP contribution in [0.3, 0.4) is 0 Å². The summed E-state index contributed by atoms with van der Waals surface area (Å²) >= 11 is 0. The third-order valence-electron chi connectivity index (χ3n) is 0.740. The monoisotopic (exact) mass is 130 g/mol. The van der Waals surface area contributed by atoms with E-state index >= 15 is 0 Å². The standard InChI is InChI=1S/C5H14N4/c1-5(2)7-8-9(4)6-3/h5-6H,1-4H3. The van der Waals surface area contributed by atoms with Gasteiger partial charge in [0.05, 0.1) is 6.04 Å². The third kappa shape index (κ3) is 5.23. The largest absolute Gasteiger partial charge is 0.220 e. The molecule has 0 saturated heterocycles. The Morgan fingerprint density at radius 1 is 1.44 bits per heavy atom. The minimum atomic E-state index is 0.265. The molecule has 54 valence electrons. The minimum Gasteiger partial charge on any atom is -0.220 e. The predicted octanol–water partition coefficient (Wildman–Crippen LogP) is 0.828. The molecule has 0 aromatic carbocycles. The zero-order chi connectivity index (χ0) is 7.28. The van der Waals surface area contributed by atoms with Gasteiger partial charge >= 0.3 is 0 Å². The smallest absolute Gasteiger partial charge is 0.0674 e. The molecule has 0 aromatic rings. The highest BCUT2D eigenvalue weighted by Gasteiger charge is 1.86. The second kappa shape index (κ2) is 4.26. The number of rotatable bonds is 3. The Hall–Kier alpha value is -0.640. The number of nitrogens with one attached hydrogen (secondary N) is 1. The molecular formula is C5H14N4. The average Bonchev–Trinajstić information content (AvgIpc) is 1.83. The maximum absolute atomic E-state index is 3.88. The van der Waals surface area contributed by atoms with Gasteiger partial charge in [0.25, 0.3) is 0 Å². The maximum Gasteiger partial charge on any atom is 0.0674 e.